The van der Waals surface area contributed by atoms with Gasteiger partial charge in [-0.15, -0.1) is 0 Å². The molecule has 1 atom stereocenters. The smallest absolute Gasteiger partial charge is 0.288 e. The fourth-order valence-electron chi connectivity index (χ4n) is 3.84. The Hall–Kier alpha value is -4.41. The van der Waals surface area contributed by atoms with Crippen LogP contribution in [0.3, 0.4) is 0 Å². The van der Waals surface area contributed by atoms with Crippen molar-refractivity contribution in [2.24, 2.45) is 0 Å². The standard InChI is InChI=1S/C21H19N7O4/c1-30-13-7-4-11(5-8-13)19-16-17(12-6-9-14(31-2)15(10-12)32-3)23-24-20(29)18(16)22-21-25-26-27-28(19)21/h4-10,19H,1-3H3,(H,24,29)(H,22,25,27)/t19-/m0/s1. The molecule has 2 aromatic heterocycles. The fourth-order valence-corrected chi connectivity index (χ4v) is 3.84. The number of benzene rings is 2. The maximum Gasteiger partial charge on any atom is 0.288 e. The summed E-state index contributed by atoms with van der Waals surface area (Å²) < 4.78 is 17.7. The van der Waals surface area contributed by atoms with Crippen molar-refractivity contribution in [1.82, 2.24) is 30.4 Å². The first kappa shape index (κ1) is 19.5. The highest BCUT2D eigenvalue weighted by Gasteiger charge is 2.34. The molecule has 0 amide bonds. The molecule has 2 aromatic carbocycles. The summed E-state index contributed by atoms with van der Waals surface area (Å²) in [5.41, 5.74) is 2.72. The van der Waals surface area contributed by atoms with Crippen molar-refractivity contribution in [3.05, 3.63) is 63.9 Å². The number of aromatic nitrogens is 6. The first-order valence-electron chi connectivity index (χ1n) is 9.68. The van der Waals surface area contributed by atoms with Crippen molar-refractivity contribution in [3.63, 3.8) is 0 Å². The van der Waals surface area contributed by atoms with Gasteiger partial charge in [0, 0.05) is 11.1 Å². The predicted octanol–water partition coefficient (Wildman–Crippen LogP) is 2.14. The summed E-state index contributed by atoms with van der Waals surface area (Å²) in [7, 11) is 4.74. The number of methoxy groups -OCH3 is 3. The highest BCUT2D eigenvalue weighted by molar-refractivity contribution is 5.76. The molecule has 11 heteroatoms. The molecule has 1 aliphatic rings. The number of anilines is 2. The van der Waals surface area contributed by atoms with Gasteiger partial charge in [0.15, 0.2) is 11.5 Å². The van der Waals surface area contributed by atoms with Crippen molar-refractivity contribution >= 4 is 11.6 Å². The van der Waals surface area contributed by atoms with E-state index in [-0.39, 0.29) is 5.56 Å². The van der Waals surface area contributed by atoms with E-state index in [1.54, 1.807) is 38.1 Å². The predicted molar refractivity (Wildman–Crippen MR) is 115 cm³/mol. The molecular formula is C21H19N7O4. The molecule has 0 bridgehead atoms. The second-order valence-electron chi connectivity index (χ2n) is 7.01. The van der Waals surface area contributed by atoms with Gasteiger partial charge in [-0.25, -0.2) is 5.10 Å². The summed E-state index contributed by atoms with van der Waals surface area (Å²) in [5.74, 6) is 2.19. The molecule has 0 spiro atoms. The average molecular weight is 433 g/mol. The molecular weight excluding hydrogens is 414 g/mol. The lowest BCUT2D eigenvalue weighted by Gasteiger charge is -2.28. The minimum absolute atomic E-state index is 0.327. The molecule has 4 aromatic rings. The van der Waals surface area contributed by atoms with Crippen LogP contribution >= 0.6 is 0 Å². The number of nitrogens with one attached hydrogen (secondary N) is 2. The van der Waals surface area contributed by atoms with Crippen LogP contribution in [0, 0.1) is 0 Å². The van der Waals surface area contributed by atoms with E-state index in [0.717, 1.165) is 11.1 Å². The van der Waals surface area contributed by atoms with Crippen LogP contribution in [0.5, 0.6) is 17.2 Å². The Kier molecular flexibility index (Phi) is 4.70. The molecule has 2 N–H and O–H groups in total. The van der Waals surface area contributed by atoms with E-state index in [2.05, 4.69) is 31.0 Å². The number of fused-ring (bicyclic) bond motifs is 2. The number of aromatic amines is 1. The van der Waals surface area contributed by atoms with Gasteiger partial charge in [-0.1, -0.05) is 17.2 Å². The Bertz CT molecular complexity index is 1350. The van der Waals surface area contributed by atoms with E-state index >= 15 is 0 Å². The van der Waals surface area contributed by atoms with Gasteiger partial charge >= 0.3 is 0 Å². The number of tetrazole rings is 1. The summed E-state index contributed by atoms with van der Waals surface area (Å²) in [6, 6.07) is 12.4. The van der Waals surface area contributed by atoms with E-state index in [4.69, 9.17) is 14.2 Å². The molecule has 0 aliphatic carbocycles. The Morgan fingerprint density at radius 1 is 0.969 bits per heavy atom. The van der Waals surface area contributed by atoms with Crippen LogP contribution in [0.15, 0.2) is 47.3 Å². The summed E-state index contributed by atoms with van der Waals surface area (Å²) in [6.07, 6.45) is 0. The highest BCUT2D eigenvalue weighted by atomic mass is 16.5. The summed E-state index contributed by atoms with van der Waals surface area (Å²) >= 11 is 0. The maximum absolute atomic E-state index is 12.8. The molecule has 5 rings (SSSR count). The SMILES string of the molecule is COc1ccc([C@H]2c3c(-c4ccc(OC)c(OC)c4)n[nH]c(=O)c3Nc3nnnn32)cc1. The lowest BCUT2D eigenvalue weighted by Crippen LogP contribution is -2.29. The van der Waals surface area contributed by atoms with Crippen LogP contribution in [0.25, 0.3) is 11.3 Å². The fraction of sp³-hybridized carbons (Fsp3) is 0.190. The Labute approximate surface area is 181 Å². The summed E-state index contributed by atoms with van der Waals surface area (Å²) in [5, 5.41) is 21.9. The summed E-state index contributed by atoms with van der Waals surface area (Å²) in [4.78, 5) is 12.8. The van der Waals surface area contributed by atoms with E-state index in [1.807, 2.05) is 30.3 Å². The molecule has 0 fully saturated rings. The number of hydrogen-bond donors (Lipinski definition) is 2. The Balaban J connectivity index is 1.76. The molecule has 0 radical (unpaired) electrons. The third-order valence-electron chi connectivity index (χ3n) is 5.36. The van der Waals surface area contributed by atoms with E-state index < -0.39 is 6.04 Å². The number of ether oxygens (including phenoxy) is 3. The van der Waals surface area contributed by atoms with E-state index in [1.165, 1.54) is 0 Å². The minimum Gasteiger partial charge on any atom is -0.497 e. The minimum atomic E-state index is -0.500. The zero-order chi connectivity index (χ0) is 22.2. The van der Waals surface area contributed by atoms with Gasteiger partial charge in [0.1, 0.15) is 17.5 Å². The molecule has 3 heterocycles. The quantitative estimate of drug-likeness (QED) is 0.428. The van der Waals surface area contributed by atoms with Crippen molar-refractivity contribution < 1.29 is 14.2 Å². The van der Waals surface area contributed by atoms with Gasteiger partial charge in [-0.2, -0.15) is 9.78 Å². The van der Waals surface area contributed by atoms with Gasteiger partial charge in [0.05, 0.1) is 27.0 Å². The van der Waals surface area contributed by atoms with Crippen LogP contribution in [-0.2, 0) is 0 Å². The van der Waals surface area contributed by atoms with Gasteiger partial charge in [0.25, 0.3) is 5.56 Å². The number of nitrogens with zero attached hydrogens (tertiary/aromatic N) is 5. The third-order valence-corrected chi connectivity index (χ3v) is 5.36. The maximum atomic E-state index is 12.8. The normalized spacial score (nSPS) is 14.2. The second-order valence-corrected chi connectivity index (χ2v) is 7.01. The topological polar surface area (TPSA) is 129 Å². The molecule has 162 valence electrons. The van der Waals surface area contributed by atoms with Crippen LogP contribution < -0.4 is 25.1 Å². The van der Waals surface area contributed by atoms with Crippen molar-refractivity contribution in [1.29, 1.82) is 0 Å². The van der Waals surface area contributed by atoms with Gasteiger partial charge in [-0.05, 0) is 46.3 Å². The lowest BCUT2D eigenvalue weighted by atomic mass is 9.92. The third kappa shape index (κ3) is 3.02. The first-order valence-corrected chi connectivity index (χ1v) is 9.68. The number of rotatable bonds is 5. The van der Waals surface area contributed by atoms with Gasteiger partial charge < -0.3 is 19.5 Å². The largest absolute Gasteiger partial charge is 0.497 e. The van der Waals surface area contributed by atoms with Crippen LogP contribution in [0.1, 0.15) is 17.2 Å². The van der Waals surface area contributed by atoms with Crippen LogP contribution in [0.4, 0.5) is 11.6 Å². The Morgan fingerprint density at radius 3 is 2.47 bits per heavy atom. The number of H-pyrrole nitrogens is 1. The molecule has 0 saturated carbocycles. The molecule has 32 heavy (non-hydrogen) atoms. The Morgan fingerprint density at radius 2 is 1.75 bits per heavy atom. The second kappa shape index (κ2) is 7.69. The van der Waals surface area contributed by atoms with Crippen LogP contribution in [0.2, 0.25) is 0 Å². The van der Waals surface area contributed by atoms with Crippen molar-refractivity contribution in [2.45, 2.75) is 6.04 Å². The van der Waals surface area contributed by atoms with Crippen molar-refractivity contribution in [3.8, 4) is 28.5 Å². The summed E-state index contributed by atoms with van der Waals surface area (Å²) in [6.45, 7) is 0. The van der Waals surface area contributed by atoms with E-state index in [9.17, 15) is 4.79 Å². The van der Waals surface area contributed by atoms with Gasteiger partial charge in [-0.3, -0.25) is 4.79 Å². The molecule has 0 saturated heterocycles. The molecule has 1 aliphatic heterocycles. The first-order chi connectivity index (χ1) is 15.6. The van der Waals surface area contributed by atoms with Crippen molar-refractivity contribution in [2.75, 3.05) is 26.6 Å². The van der Waals surface area contributed by atoms with Crippen LogP contribution in [-0.4, -0.2) is 51.7 Å². The zero-order valence-corrected chi connectivity index (χ0v) is 17.5. The average Bonchev–Trinajstić information content (AvgIpc) is 3.31. The zero-order valence-electron chi connectivity index (χ0n) is 17.5. The van der Waals surface area contributed by atoms with Gasteiger partial charge in [0.2, 0.25) is 5.95 Å². The lowest BCUT2D eigenvalue weighted by molar-refractivity contribution is 0.355. The molecule has 0 unspecified atom stereocenters. The monoisotopic (exact) mass is 433 g/mol. The number of hydrogen-bond acceptors (Lipinski definition) is 9. The highest BCUT2D eigenvalue weighted by Crippen LogP contribution is 2.42. The molecule has 11 nitrogen and oxygen atoms in total. The van der Waals surface area contributed by atoms with E-state index in [0.29, 0.717) is 40.1 Å².